The number of benzene rings is 3. The van der Waals surface area contributed by atoms with Crippen LogP contribution in [0.5, 0.6) is 0 Å². The smallest absolute Gasteiger partial charge is 0.217 e. The molecule has 4 unspecified atom stereocenters. The Morgan fingerprint density at radius 2 is 1.71 bits per heavy atom. The Kier molecular flexibility index (Phi) is 9.48. The van der Waals surface area contributed by atoms with Crippen LogP contribution in [0.25, 0.3) is 11.1 Å². The lowest BCUT2D eigenvalue weighted by Crippen LogP contribution is -2.43. The van der Waals surface area contributed by atoms with E-state index < -0.39 is 6.29 Å². The van der Waals surface area contributed by atoms with Crippen molar-refractivity contribution >= 4 is 5.91 Å². The van der Waals surface area contributed by atoms with E-state index in [0.29, 0.717) is 6.54 Å². The molecule has 38 heavy (non-hydrogen) atoms. The number of nitrogens with one attached hydrogen (secondary N) is 1. The standard InChI is InChI=1S/C32H38N2O4/c1-5-16-34(4)20-30-22(2)31(26-14-12-24(21-35)13-15-26)38-32(37-30)29-11-7-10-28(18-29)27-9-6-8-25(17-27)19-33-23(3)36/h5-15,17-18,22,30-32,35H,1,16,19-21H2,2-4H3,(H,33,36). The highest BCUT2D eigenvalue weighted by molar-refractivity contribution is 5.73. The van der Waals surface area contributed by atoms with E-state index >= 15 is 0 Å². The number of hydrogen-bond acceptors (Lipinski definition) is 5. The molecule has 0 aliphatic carbocycles. The highest BCUT2D eigenvalue weighted by Crippen LogP contribution is 2.42. The molecule has 0 spiro atoms. The molecule has 4 rings (SSSR count). The number of nitrogens with zero attached hydrogens (tertiary/aromatic N) is 1. The summed E-state index contributed by atoms with van der Waals surface area (Å²) >= 11 is 0. The second-order valence-corrected chi connectivity index (χ2v) is 10.1. The van der Waals surface area contributed by atoms with Gasteiger partial charge in [-0.3, -0.25) is 4.79 Å². The van der Waals surface area contributed by atoms with Crippen molar-refractivity contribution in [2.24, 2.45) is 5.92 Å². The fraction of sp³-hybridized carbons (Fsp3) is 0.344. The summed E-state index contributed by atoms with van der Waals surface area (Å²) in [6, 6.07) is 24.4. The number of aliphatic hydroxyl groups is 1. The minimum atomic E-state index is -0.529. The Morgan fingerprint density at radius 3 is 2.39 bits per heavy atom. The average molecular weight is 515 g/mol. The van der Waals surface area contributed by atoms with Crippen LogP contribution in [0.1, 0.15) is 48.5 Å². The number of amides is 1. The third-order valence-corrected chi connectivity index (χ3v) is 7.02. The molecule has 1 amide bonds. The normalized spacial score (nSPS) is 21.3. The van der Waals surface area contributed by atoms with Crippen molar-refractivity contribution in [1.29, 1.82) is 0 Å². The monoisotopic (exact) mass is 514 g/mol. The summed E-state index contributed by atoms with van der Waals surface area (Å²) in [5.74, 6) is 0.0687. The molecular weight excluding hydrogens is 476 g/mol. The second-order valence-electron chi connectivity index (χ2n) is 10.1. The molecule has 1 saturated heterocycles. The summed E-state index contributed by atoms with van der Waals surface area (Å²) in [6.45, 7) is 9.60. The molecule has 200 valence electrons. The van der Waals surface area contributed by atoms with E-state index in [-0.39, 0.29) is 30.6 Å². The number of ether oxygens (including phenoxy) is 2. The first-order chi connectivity index (χ1) is 18.4. The minimum absolute atomic E-state index is 0.0148. The zero-order chi connectivity index (χ0) is 27.1. The molecular formula is C32H38N2O4. The van der Waals surface area contributed by atoms with Crippen LogP contribution in [0.3, 0.4) is 0 Å². The fourth-order valence-electron chi connectivity index (χ4n) is 4.88. The molecule has 0 saturated carbocycles. The summed E-state index contributed by atoms with van der Waals surface area (Å²) in [5, 5.41) is 12.3. The van der Waals surface area contributed by atoms with Crippen LogP contribution >= 0.6 is 0 Å². The summed E-state index contributed by atoms with van der Waals surface area (Å²) in [7, 11) is 2.07. The highest BCUT2D eigenvalue weighted by atomic mass is 16.7. The summed E-state index contributed by atoms with van der Waals surface area (Å²) < 4.78 is 13.2. The number of rotatable bonds is 10. The van der Waals surface area contributed by atoms with E-state index in [1.165, 1.54) is 6.92 Å². The van der Waals surface area contributed by atoms with Gasteiger partial charge in [0.15, 0.2) is 6.29 Å². The highest BCUT2D eigenvalue weighted by Gasteiger charge is 2.38. The molecule has 1 aliphatic heterocycles. The molecule has 0 bridgehead atoms. The summed E-state index contributed by atoms with van der Waals surface area (Å²) in [6.07, 6.45) is 1.16. The molecule has 0 radical (unpaired) electrons. The topological polar surface area (TPSA) is 71.0 Å². The van der Waals surface area contributed by atoms with Crippen molar-refractivity contribution in [1.82, 2.24) is 10.2 Å². The lowest BCUT2D eigenvalue weighted by molar-refractivity contribution is -0.275. The molecule has 0 aromatic heterocycles. The molecule has 2 N–H and O–H groups in total. The third kappa shape index (κ3) is 6.97. The van der Waals surface area contributed by atoms with Gasteiger partial charge in [-0.15, -0.1) is 6.58 Å². The molecule has 3 aromatic carbocycles. The predicted octanol–water partition coefficient (Wildman–Crippen LogP) is 5.39. The molecule has 1 fully saturated rings. The first-order valence-corrected chi connectivity index (χ1v) is 13.1. The van der Waals surface area contributed by atoms with Crippen molar-refractivity contribution in [2.75, 3.05) is 20.1 Å². The van der Waals surface area contributed by atoms with Gasteiger partial charge in [-0.2, -0.15) is 0 Å². The molecule has 6 nitrogen and oxygen atoms in total. The van der Waals surface area contributed by atoms with E-state index in [4.69, 9.17) is 9.47 Å². The van der Waals surface area contributed by atoms with Crippen LogP contribution < -0.4 is 5.32 Å². The van der Waals surface area contributed by atoms with Crippen molar-refractivity contribution < 1.29 is 19.4 Å². The first kappa shape index (κ1) is 27.7. The van der Waals surface area contributed by atoms with Crippen LogP contribution in [-0.2, 0) is 27.4 Å². The Labute approximate surface area is 225 Å². The fourth-order valence-corrected chi connectivity index (χ4v) is 4.88. The maximum Gasteiger partial charge on any atom is 0.217 e. The zero-order valence-corrected chi connectivity index (χ0v) is 22.5. The van der Waals surface area contributed by atoms with Crippen molar-refractivity contribution in [3.8, 4) is 11.1 Å². The summed E-state index contributed by atoms with van der Waals surface area (Å²) in [5.41, 5.74) is 6.06. The molecule has 3 aromatic rings. The van der Waals surface area contributed by atoms with E-state index in [1.54, 1.807) is 0 Å². The maximum absolute atomic E-state index is 11.3. The number of aliphatic hydroxyl groups excluding tert-OH is 1. The van der Waals surface area contributed by atoms with Gasteiger partial charge in [0.25, 0.3) is 0 Å². The average Bonchev–Trinajstić information content (AvgIpc) is 2.93. The van der Waals surface area contributed by atoms with Gasteiger partial charge in [-0.1, -0.05) is 73.7 Å². The van der Waals surface area contributed by atoms with Crippen LogP contribution in [0.2, 0.25) is 0 Å². The van der Waals surface area contributed by atoms with Gasteiger partial charge >= 0.3 is 0 Å². The Hall–Kier alpha value is -3.29. The summed E-state index contributed by atoms with van der Waals surface area (Å²) in [4.78, 5) is 13.6. The zero-order valence-electron chi connectivity index (χ0n) is 22.5. The van der Waals surface area contributed by atoms with Gasteiger partial charge in [-0.05, 0) is 47.0 Å². The minimum Gasteiger partial charge on any atom is -0.392 e. The maximum atomic E-state index is 11.3. The van der Waals surface area contributed by atoms with Gasteiger partial charge in [-0.25, -0.2) is 0 Å². The van der Waals surface area contributed by atoms with Gasteiger partial charge in [0.1, 0.15) is 0 Å². The molecule has 1 aliphatic rings. The first-order valence-electron chi connectivity index (χ1n) is 13.1. The predicted molar refractivity (Wildman–Crippen MR) is 150 cm³/mol. The van der Waals surface area contributed by atoms with E-state index in [1.807, 2.05) is 54.6 Å². The number of hydrogen-bond donors (Lipinski definition) is 2. The SMILES string of the molecule is C=CCN(C)CC1OC(c2cccc(-c3cccc(CNC(C)=O)c3)c2)OC(c2ccc(CO)cc2)C1C. The molecule has 6 heteroatoms. The second kappa shape index (κ2) is 13.0. The Bertz CT molecular complexity index is 1230. The van der Waals surface area contributed by atoms with Crippen LogP contribution in [0.4, 0.5) is 0 Å². The molecule has 1 heterocycles. The van der Waals surface area contributed by atoms with Gasteiger partial charge < -0.3 is 24.8 Å². The van der Waals surface area contributed by atoms with Crippen molar-refractivity contribution in [3.05, 3.63) is 108 Å². The van der Waals surface area contributed by atoms with E-state index in [9.17, 15) is 9.90 Å². The van der Waals surface area contributed by atoms with E-state index in [0.717, 1.165) is 46.5 Å². The van der Waals surface area contributed by atoms with Crippen LogP contribution in [0, 0.1) is 5.92 Å². The number of likely N-dealkylation sites (N-methyl/N-ethyl adjacent to an activating group) is 1. The van der Waals surface area contributed by atoms with Crippen molar-refractivity contribution in [2.45, 2.75) is 45.5 Å². The quantitative estimate of drug-likeness (QED) is 0.355. The Morgan fingerprint density at radius 1 is 1.00 bits per heavy atom. The van der Waals surface area contributed by atoms with Crippen molar-refractivity contribution in [3.63, 3.8) is 0 Å². The van der Waals surface area contributed by atoms with Gasteiger partial charge in [0.05, 0.1) is 18.8 Å². The lowest BCUT2D eigenvalue weighted by Gasteiger charge is -2.42. The largest absolute Gasteiger partial charge is 0.392 e. The Balaban J connectivity index is 1.62. The van der Waals surface area contributed by atoms with Gasteiger partial charge in [0.2, 0.25) is 5.91 Å². The van der Waals surface area contributed by atoms with Crippen LogP contribution in [0.15, 0.2) is 85.5 Å². The van der Waals surface area contributed by atoms with E-state index in [2.05, 4.69) is 55.0 Å². The van der Waals surface area contributed by atoms with Crippen LogP contribution in [-0.4, -0.2) is 42.2 Å². The lowest BCUT2D eigenvalue weighted by atomic mass is 9.90. The number of carbonyl (C=O) groups excluding carboxylic acids is 1. The molecule has 4 atom stereocenters. The third-order valence-electron chi connectivity index (χ3n) is 7.02. The number of carbonyl (C=O) groups is 1. The van der Waals surface area contributed by atoms with Gasteiger partial charge in [0, 0.05) is 38.0 Å².